The molecular formula is C87H170O17P2. The fraction of sp³-hybridized carbons (Fsp3) is 0.954. The van der Waals surface area contributed by atoms with Crippen molar-refractivity contribution in [1.82, 2.24) is 0 Å². The molecule has 0 aromatic rings. The Kier molecular flexibility index (Phi) is 76.9. The monoisotopic (exact) mass is 1550 g/mol. The third-order valence-electron chi connectivity index (χ3n) is 21.2. The van der Waals surface area contributed by atoms with Crippen LogP contribution in [0.3, 0.4) is 0 Å². The fourth-order valence-electron chi connectivity index (χ4n) is 13.5. The summed E-state index contributed by atoms with van der Waals surface area (Å²) >= 11 is 0. The van der Waals surface area contributed by atoms with Gasteiger partial charge in [0.25, 0.3) is 0 Å². The van der Waals surface area contributed by atoms with Crippen molar-refractivity contribution in [2.24, 2.45) is 11.8 Å². The Morgan fingerprint density at radius 1 is 0.264 bits per heavy atom. The van der Waals surface area contributed by atoms with Gasteiger partial charge in [-0.3, -0.25) is 37.3 Å². The summed E-state index contributed by atoms with van der Waals surface area (Å²) in [7, 11) is -9.93. The number of aliphatic hydroxyl groups excluding tert-OH is 1. The number of hydrogen-bond acceptors (Lipinski definition) is 15. The Balaban J connectivity index is 5.27. The zero-order chi connectivity index (χ0) is 77.8. The summed E-state index contributed by atoms with van der Waals surface area (Å²) in [5.74, 6) is -0.402. The molecule has 0 radical (unpaired) electrons. The van der Waals surface area contributed by atoms with E-state index in [-0.39, 0.29) is 25.7 Å². The van der Waals surface area contributed by atoms with Crippen LogP contribution in [0.5, 0.6) is 0 Å². The summed E-state index contributed by atoms with van der Waals surface area (Å²) in [6, 6.07) is 0. The topological polar surface area (TPSA) is 237 Å². The smallest absolute Gasteiger partial charge is 0.462 e. The molecule has 4 unspecified atom stereocenters. The van der Waals surface area contributed by atoms with Gasteiger partial charge in [-0.2, -0.15) is 0 Å². The Morgan fingerprint density at radius 3 is 0.670 bits per heavy atom. The molecule has 0 aromatic heterocycles. The molecule has 0 saturated carbocycles. The number of hydrogen-bond donors (Lipinski definition) is 3. The predicted molar refractivity (Wildman–Crippen MR) is 437 cm³/mol. The first-order valence-electron chi connectivity index (χ1n) is 45.1. The molecule has 19 heteroatoms. The number of esters is 4. The van der Waals surface area contributed by atoms with Gasteiger partial charge in [-0.05, 0) is 37.5 Å². The SMILES string of the molecule is CCCCCCCCCCCCCCCCCCCC(=O)O[C@H](COC(=O)CCCCCCCCCCCCCCC)COP(=O)(O)OC[C@H](O)COP(=O)(O)OC[C@@H](COC(=O)CCCCCCCCCCCCCCCCC(C)CC)OC(=O)CCCCCCCCCCCCCCCCC(C)CC. The highest BCUT2D eigenvalue weighted by Crippen LogP contribution is 2.45. The van der Waals surface area contributed by atoms with Crippen molar-refractivity contribution in [3.63, 3.8) is 0 Å². The van der Waals surface area contributed by atoms with Crippen molar-refractivity contribution in [2.75, 3.05) is 39.6 Å². The van der Waals surface area contributed by atoms with Crippen LogP contribution in [0, 0.1) is 11.8 Å². The van der Waals surface area contributed by atoms with Crippen molar-refractivity contribution < 1.29 is 80.2 Å². The largest absolute Gasteiger partial charge is 0.472 e. The van der Waals surface area contributed by atoms with Crippen molar-refractivity contribution in [3.05, 3.63) is 0 Å². The number of aliphatic hydroxyl groups is 1. The van der Waals surface area contributed by atoms with E-state index in [1.165, 1.54) is 283 Å². The second kappa shape index (κ2) is 78.3. The molecule has 7 atom stereocenters. The molecule has 106 heavy (non-hydrogen) atoms. The van der Waals surface area contributed by atoms with Crippen LogP contribution in [0.1, 0.15) is 465 Å². The summed E-state index contributed by atoms with van der Waals surface area (Å²) in [6.07, 6.45) is 70.5. The molecule has 630 valence electrons. The molecule has 3 N–H and O–H groups in total. The highest BCUT2D eigenvalue weighted by Gasteiger charge is 2.30. The average molecular weight is 1550 g/mol. The van der Waals surface area contributed by atoms with Gasteiger partial charge >= 0.3 is 39.5 Å². The summed E-state index contributed by atoms with van der Waals surface area (Å²) in [5.41, 5.74) is 0. The number of phosphoric ester groups is 2. The van der Waals surface area contributed by atoms with E-state index in [2.05, 4.69) is 41.5 Å². The maximum absolute atomic E-state index is 13.2. The fourth-order valence-corrected chi connectivity index (χ4v) is 15.1. The molecule has 0 rings (SSSR count). The Labute approximate surface area is 651 Å². The molecular weight excluding hydrogens is 1380 g/mol. The van der Waals surface area contributed by atoms with Crippen LogP contribution in [-0.4, -0.2) is 96.7 Å². The summed E-state index contributed by atoms with van der Waals surface area (Å²) in [5, 5.41) is 10.7. The highest BCUT2D eigenvalue weighted by molar-refractivity contribution is 7.47. The molecule has 0 amide bonds. The van der Waals surface area contributed by atoms with Crippen LogP contribution in [-0.2, 0) is 65.4 Å². The number of phosphoric acid groups is 2. The molecule has 0 bridgehead atoms. The van der Waals surface area contributed by atoms with Crippen molar-refractivity contribution in [2.45, 2.75) is 484 Å². The van der Waals surface area contributed by atoms with Crippen molar-refractivity contribution in [3.8, 4) is 0 Å². The van der Waals surface area contributed by atoms with Crippen LogP contribution in [0.15, 0.2) is 0 Å². The maximum Gasteiger partial charge on any atom is 0.472 e. The minimum atomic E-state index is -4.97. The molecule has 0 spiro atoms. The van der Waals surface area contributed by atoms with Gasteiger partial charge in [0.1, 0.15) is 19.3 Å². The first kappa shape index (κ1) is 104. The third-order valence-corrected chi connectivity index (χ3v) is 23.1. The number of ether oxygens (including phenoxy) is 4. The molecule has 0 fully saturated rings. The van der Waals surface area contributed by atoms with Crippen LogP contribution in [0.25, 0.3) is 0 Å². The number of carbonyl (C=O) groups excluding carboxylic acids is 4. The normalized spacial score (nSPS) is 14.3. The summed E-state index contributed by atoms with van der Waals surface area (Å²) < 4.78 is 69.0. The zero-order valence-electron chi connectivity index (χ0n) is 69.7. The quantitative estimate of drug-likeness (QED) is 0.0222. The number of rotatable bonds is 86. The minimum Gasteiger partial charge on any atom is -0.462 e. The van der Waals surface area contributed by atoms with Crippen molar-refractivity contribution >= 4 is 39.5 Å². The van der Waals surface area contributed by atoms with Gasteiger partial charge in [0.2, 0.25) is 0 Å². The Hall–Kier alpha value is -1.94. The van der Waals surface area contributed by atoms with E-state index in [1.807, 2.05) is 0 Å². The molecule has 0 aliphatic heterocycles. The minimum absolute atomic E-state index is 0.108. The van der Waals surface area contributed by atoms with Crippen molar-refractivity contribution in [1.29, 1.82) is 0 Å². The first-order chi connectivity index (χ1) is 51.4. The lowest BCUT2D eigenvalue weighted by molar-refractivity contribution is -0.161. The zero-order valence-corrected chi connectivity index (χ0v) is 71.5. The number of carbonyl (C=O) groups is 4. The molecule has 0 aromatic carbocycles. The van der Waals surface area contributed by atoms with Gasteiger partial charge in [-0.15, -0.1) is 0 Å². The lowest BCUT2D eigenvalue weighted by Crippen LogP contribution is -2.30. The molecule has 0 saturated heterocycles. The van der Waals surface area contributed by atoms with E-state index in [4.69, 9.17) is 37.0 Å². The van der Waals surface area contributed by atoms with Crippen LogP contribution in [0.4, 0.5) is 0 Å². The molecule has 0 aliphatic rings. The molecule has 0 heterocycles. The van der Waals surface area contributed by atoms with E-state index in [0.717, 1.165) is 102 Å². The summed E-state index contributed by atoms with van der Waals surface area (Å²) in [6.45, 7) is 9.80. The van der Waals surface area contributed by atoms with E-state index < -0.39 is 97.5 Å². The van der Waals surface area contributed by atoms with Gasteiger partial charge in [0, 0.05) is 25.7 Å². The second-order valence-electron chi connectivity index (χ2n) is 31.8. The first-order valence-corrected chi connectivity index (χ1v) is 48.1. The highest BCUT2D eigenvalue weighted by atomic mass is 31.2. The van der Waals surface area contributed by atoms with Crippen LogP contribution < -0.4 is 0 Å². The summed E-state index contributed by atoms with van der Waals surface area (Å²) in [4.78, 5) is 73.3. The molecule has 0 aliphatic carbocycles. The Morgan fingerprint density at radius 2 is 0.453 bits per heavy atom. The van der Waals surface area contributed by atoms with Crippen LogP contribution in [0.2, 0.25) is 0 Å². The third kappa shape index (κ3) is 77.4. The van der Waals surface area contributed by atoms with E-state index in [9.17, 15) is 43.2 Å². The van der Waals surface area contributed by atoms with Gasteiger partial charge in [-0.25, -0.2) is 9.13 Å². The predicted octanol–water partition coefficient (Wildman–Crippen LogP) is 26.6. The Bertz CT molecular complexity index is 2030. The lowest BCUT2D eigenvalue weighted by Gasteiger charge is -2.21. The van der Waals surface area contributed by atoms with Gasteiger partial charge in [0.05, 0.1) is 26.4 Å². The van der Waals surface area contributed by atoms with Gasteiger partial charge < -0.3 is 33.8 Å². The second-order valence-corrected chi connectivity index (χ2v) is 34.7. The van der Waals surface area contributed by atoms with Gasteiger partial charge in [-0.1, -0.05) is 414 Å². The van der Waals surface area contributed by atoms with E-state index >= 15 is 0 Å². The average Bonchev–Trinajstić information content (AvgIpc) is 0.901. The van der Waals surface area contributed by atoms with E-state index in [0.29, 0.717) is 25.7 Å². The van der Waals surface area contributed by atoms with Gasteiger partial charge in [0.15, 0.2) is 12.2 Å². The number of unbranched alkanes of at least 4 members (excludes halogenated alkanes) is 54. The standard InChI is InChI=1S/C87H170O17P2/c1-7-11-13-15-17-19-21-23-24-25-26-35-41-47-53-59-65-71-86(91)103-82(75-97-84(89)69-63-57-51-45-39-31-22-20-18-16-14-12-8-2)77-101-105(93,94)99-73-81(88)74-100-106(95,96)102-78-83(104-87(92)72-66-60-54-48-42-36-30-28-33-38-44-50-56-62-68-80(6)10-4)76-98-85(90)70-64-58-52-46-40-34-29-27-32-37-43-49-55-61-67-79(5)9-3/h79-83,88H,7-78H2,1-6H3,(H,93,94)(H,95,96)/t79?,80?,81-,82+,83+/m0/s1. The van der Waals surface area contributed by atoms with E-state index in [1.54, 1.807) is 0 Å². The molecule has 17 nitrogen and oxygen atoms in total. The maximum atomic E-state index is 13.2. The lowest BCUT2D eigenvalue weighted by atomic mass is 9.99. The van der Waals surface area contributed by atoms with Crippen LogP contribution >= 0.6 is 15.6 Å².